The predicted octanol–water partition coefficient (Wildman–Crippen LogP) is 0.977. The van der Waals surface area contributed by atoms with Crippen LogP contribution in [0.3, 0.4) is 0 Å². The van der Waals surface area contributed by atoms with Crippen LogP contribution in [0.1, 0.15) is 25.3 Å². The van der Waals surface area contributed by atoms with Crippen molar-refractivity contribution in [1.82, 2.24) is 9.80 Å². The fourth-order valence-electron chi connectivity index (χ4n) is 3.70. The highest BCUT2D eigenvalue weighted by Gasteiger charge is 2.33. The maximum atomic E-state index is 14.4. The Kier molecular flexibility index (Phi) is 5.22. The van der Waals surface area contributed by atoms with Crippen LogP contribution in [0.4, 0.5) is 10.1 Å². The number of halogens is 1. The molecule has 0 aromatic heterocycles. The molecular weight excluding hydrogens is 325 g/mol. The number of hydrogen-bond acceptors (Lipinski definition) is 4. The zero-order chi connectivity index (χ0) is 18.0. The average Bonchev–Trinajstić information content (AvgIpc) is 2.62. The van der Waals surface area contributed by atoms with Crippen molar-refractivity contribution in [3.63, 3.8) is 0 Å². The molecule has 6 nitrogen and oxygen atoms in total. The Balaban J connectivity index is 1.64. The van der Waals surface area contributed by atoms with Crippen molar-refractivity contribution in [1.29, 1.82) is 0 Å². The summed E-state index contributed by atoms with van der Waals surface area (Å²) in [6, 6.07) is 5.03. The number of hydrogen-bond donors (Lipinski definition) is 1. The molecule has 0 radical (unpaired) electrons. The molecule has 2 saturated heterocycles. The van der Waals surface area contributed by atoms with Crippen molar-refractivity contribution in [3.8, 4) is 0 Å². The van der Waals surface area contributed by atoms with Gasteiger partial charge in [0.25, 0.3) is 0 Å². The van der Waals surface area contributed by atoms with Crippen LogP contribution >= 0.6 is 0 Å². The summed E-state index contributed by atoms with van der Waals surface area (Å²) in [5.74, 6) is -0.392. The zero-order valence-corrected chi connectivity index (χ0v) is 14.4. The minimum Gasteiger partial charge on any atom is -0.392 e. The first-order valence-corrected chi connectivity index (χ1v) is 8.69. The Hall–Kier alpha value is -2.15. The molecule has 3 rings (SSSR count). The predicted molar refractivity (Wildman–Crippen MR) is 91.5 cm³/mol. The summed E-state index contributed by atoms with van der Waals surface area (Å²) in [4.78, 5) is 29.4. The van der Waals surface area contributed by atoms with Gasteiger partial charge in [0, 0.05) is 44.7 Å². The van der Waals surface area contributed by atoms with Crippen molar-refractivity contribution in [2.75, 3.05) is 37.6 Å². The SMILES string of the molecule is CC(=O)N1CCC(N2CCN(c3cccc(CO)c3F)CC2=O)CC1. The van der Waals surface area contributed by atoms with Gasteiger partial charge >= 0.3 is 0 Å². The van der Waals surface area contributed by atoms with Crippen LogP contribution < -0.4 is 4.90 Å². The lowest BCUT2D eigenvalue weighted by atomic mass is 10.0. The molecule has 2 aliphatic heterocycles. The molecule has 2 fully saturated rings. The lowest BCUT2D eigenvalue weighted by Crippen LogP contribution is -2.56. The van der Waals surface area contributed by atoms with E-state index in [1.165, 1.54) is 0 Å². The van der Waals surface area contributed by atoms with E-state index in [2.05, 4.69) is 0 Å². The van der Waals surface area contributed by atoms with Gasteiger partial charge in [-0.3, -0.25) is 9.59 Å². The second-order valence-electron chi connectivity index (χ2n) is 6.65. The molecule has 1 N–H and O–H groups in total. The monoisotopic (exact) mass is 349 g/mol. The summed E-state index contributed by atoms with van der Waals surface area (Å²) in [6.07, 6.45) is 1.58. The summed E-state index contributed by atoms with van der Waals surface area (Å²) in [5.41, 5.74) is 0.606. The summed E-state index contributed by atoms with van der Waals surface area (Å²) >= 11 is 0. The molecule has 2 amide bonds. The highest BCUT2D eigenvalue weighted by atomic mass is 19.1. The van der Waals surface area contributed by atoms with E-state index < -0.39 is 5.82 Å². The maximum Gasteiger partial charge on any atom is 0.242 e. The summed E-state index contributed by atoms with van der Waals surface area (Å²) < 4.78 is 14.4. The van der Waals surface area contributed by atoms with Crippen LogP contribution in [0.15, 0.2) is 18.2 Å². The lowest BCUT2D eigenvalue weighted by molar-refractivity contribution is -0.136. The molecule has 0 bridgehead atoms. The van der Waals surface area contributed by atoms with Gasteiger partial charge in [-0.15, -0.1) is 0 Å². The molecule has 0 saturated carbocycles. The number of carbonyl (C=O) groups excluding carboxylic acids is 2. The minimum absolute atomic E-state index is 0.0127. The van der Waals surface area contributed by atoms with Crippen LogP contribution in [0.25, 0.3) is 0 Å². The smallest absolute Gasteiger partial charge is 0.242 e. The normalized spacial score (nSPS) is 19.5. The van der Waals surface area contributed by atoms with Gasteiger partial charge in [-0.2, -0.15) is 0 Å². The van der Waals surface area contributed by atoms with Crippen molar-refractivity contribution in [2.45, 2.75) is 32.4 Å². The van der Waals surface area contributed by atoms with Gasteiger partial charge < -0.3 is 19.8 Å². The average molecular weight is 349 g/mol. The Morgan fingerprint density at radius 3 is 2.56 bits per heavy atom. The fourth-order valence-corrected chi connectivity index (χ4v) is 3.70. The number of aliphatic hydroxyl groups excluding tert-OH is 1. The van der Waals surface area contributed by atoms with Gasteiger partial charge in [0.1, 0.15) is 0 Å². The number of rotatable bonds is 3. The van der Waals surface area contributed by atoms with E-state index in [-0.39, 0.29) is 36.6 Å². The van der Waals surface area contributed by atoms with Crippen molar-refractivity contribution < 1.29 is 19.1 Å². The number of piperidine rings is 1. The first kappa shape index (κ1) is 17.7. The van der Waals surface area contributed by atoms with Gasteiger partial charge in [-0.1, -0.05) is 12.1 Å². The molecule has 0 aliphatic carbocycles. The Morgan fingerprint density at radius 2 is 1.96 bits per heavy atom. The molecule has 0 spiro atoms. The minimum atomic E-state index is -0.457. The highest BCUT2D eigenvalue weighted by molar-refractivity contribution is 5.83. The van der Waals surface area contributed by atoms with E-state index in [0.717, 1.165) is 12.8 Å². The van der Waals surface area contributed by atoms with E-state index in [4.69, 9.17) is 0 Å². The number of nitrogens with zero attached hydrogens (tertiary/aromatic N) is 3. The van der Waals surface area contributed by atoms with Crippen molar-refractivity contribution in [3.05, 3.63) is 29.6 Å². The van der Waals surface area contributed by atoms with Crippen molar-refractivity contribution in [2.24, 2.45) is 0 Å². The number of piperazine rings is 1. The van der Waals surface area contributed by atoms with Gasteiger partial charge in [0.2, 0.25) is 11.8 Å². The third-order valence-corrected chi connectivity index (χ3v) is 5.18. The van der Waals surface area contributed by atoms with Crippen LogP contribution in [0.2, 0.25) is 0 Å². The molecule has 136 valence electrons. The van der Waals surface area contributed by atoms with Gasteiger partial charge in [0.05, 0.1) is 18.8 Å². The number of aliphatic hydroxyl groups is 1. The number of likely N-dealkylation sites (tertiary alicyclic amines) is 1. The van der Waals surface area contributed by atoms with Crippen LogP contribution in [0, 0.1) is 5.82 Å². The lowest BCUT2D eigenvalue weighted by Gasteiger charge is -2.43. The maximum absolute atomic E-state index is 14.4. The van der Waals surface area contributed by atoms with Crippen molar-refractivity contribution >= 4 is 17.5 Å². The summed E-state index contributed by atoms with van der Waals surface area (Å²) in [5, 5.41) is 9.20. The summed E-state index contributed by atoms with van der Waals surface area (Å²) in [6.45, 7) is 3.82. The van der Waals surface area contributed by atoms with E-state index in [0.29, 0.717) is 31.9 Å². The zero-order valence-electron chi connectivity index (χ0n) is 14.4. The first-order chi connectivity index (χ1) is 12.0. The van der Waals surface area contributed by atoms with Gasteiger partial charge in [-0.05, 0) is 18.9 Å². The number of benzene rings is 1. The number of carbonyl (C=O) groups is 2. The second kappa shape index (κ2) is 7.39. The molecule has 1 aromatic rings. The first-order valence-electron chi connectivity index (χ1n) is 8.69. The van der Waals surface area contributed by atoms with Crippen LogP contribution in [0.5, 0.6) is 0 Å². The van der Waals surface area contributed by atoms with E-state index in [1.807, 2.05) is 9.80 Å². The fraction of sp³-hybridized carbons (Fsp3) is 0.556. The molecule has 2 aliphatic rings. The topological polar surface area (TPSA) is 64.1 Å². The molecule has 7 heteroatoms. The molecule has 0 atom stereocenters. The third-order valence-electron chi connectivity index (χ3n) is 5.18. The largest absolute Gasteiger partial charge is 0.392 e. The van der Waals surface area contributed by atoms with Gasteiger partial charge in [0.15, 0.2) is 5.82 Å². The Morgan fingerprint density at radius 1 is 1.24 bits per heavy atom. The Bertz CT molecular complexity index is 659. The van der Waals surface area contributed by atoms with E-state index in [1.54, 1.807) is 30.0 Å². The number of amides is 2. The van der Waals surface area contributed by atoms with Crippen LogP contribution in [-0.2, 0) is 16.2 Å². The van der Waals surface area contributed by atoms with E-state index in [9.17, 15) is 19.1 Å². The molecule has 2 heterocycles. The third kappa shape index (κ3) is 3.61. The summed E-state index contributed by atoms with van der Waals surface area (Å²) in [7, 11) is 0. The Labute approximate surface area is 146 Å². The quantitative estimate of drug-likeness (QED) is 0.884. The highest BCUT2D eigenvalue weighted by Crippen LogP contribution is 2.26. The van der Waals surface area contributed by atoms with E-state index >= 15 is 0 Å². The molecule has 1 aromatic carbocycles. The standard InChI is InChI=1S/C18H24FN3O3/c1-13(24)20-7-5-15(6-8-20)22-10-9-21(11-17(22)25)16-4-2-3-14(12-23)18(16)19/h2-4,15,23H,5-12H2,1H3. The number of anilines is 1. The second-order valence-corrected chi connectivity index (χ2v) is 6.65. The molecule has 25 heavy (non-hydrogen) atoms. The molecule has 0 unspecified atom stereocenters. The molecular formula is C18H24FN3O3. The van der Waals surface area contributed by atoms with Crippen LogP contribution in [-0.4, -0.2) is 65.5 Å². The van der Waals surface area contributed by atoms with Gasteiger partial charge in [-0.25, -0.2) is 4.39 Å².